The van der Waals surface area contributed by atoms with Gasteiger partial charge < -0.3 is 11.1 Å². The van der Waals surface area contributed by atoms with Crippen molar-refractivity contribution in [2.45, 2.75) is 11.8 Å². The first-order valence-electron chi connectivity index (χ1n) is 5.73. The van der Waals surface area contributed by atoms with Crippen molar-refractivity contribution in [1.29, 1.82) is 0 Å². The highest BCUT2D eigenvalue weighted by Gasteiger charge is 2.15. The minimum atomic E-state index is -3.86. The number of anilines is 3. The monoisotopic (exact) mass is 355 g/mol. The molecule has 0 atom stereocenters. The van der Waals surface area contributed by atoms with E-state index in [-0.39, 0.29) is 4.90 Å². The van der Waals surface area contributed by atoms with Gasteiger partial charge in [0.2, 0.25) is 10.0 Å². The van der Waals surface area contributed by atoms with E-state index in [9.17, 15) is 8.42 Å². The Morgan fingerprint density at radius 1 is 1.15 bits per heavy atom. The van der Waals surface area contributed by atoms with E-state index in [1.807, 2.05) is 25.1 Å². The molecule has 0 radical (unpaired) electrons. The van der Waals surface area contributed by atoms with Gasteiger partial charge in [-0.2, -0.15) is 0 Å². The highest BCUT2D eigenvalue weighted by molar-refractivity contribution is 9.10. The van der Waals surface area contributed by atoms with Crippen LogP contribution in [-0.4, -0.2) is 8.42 Å². The minimum absolute atomic E-state index is 0.0362. The van der Waals surface area contributed by atoms with Crippen molar-refractivity contribution in [1.82, 2.24) is 0 Å². The molecule has 106 valence electrons. The molecule has 0 saturated heterocycles. The predicted octanol–water partition coefficient (Wildman–Crippen LogP) is 2.73. The fourth-order valence-electron chi connectivity index (χ4n) is 1.77. The number of halogens is 1. The molecule has 0 unspecified atom stereocenters. The van der Waals surface area contributed by atoms with Crippen LogP contribution in [0.3, 0.4) is 0 Å². The highest BCUT2D eigenvalue weighted by atomic mass is 79.9. The predicted molar refractivity (Wildman–Crippen MR) is 84.4 cm³/mol. The third-order valence-electron chi connectivity index (χ3n) is 2.77. The lowest BCUT2D eigenvalue weighted by Gasteiger charge is -2.13. The van der Waals surface area contributed by atoms with E-state index in [0.29, 0.717) is 11.4 Å². The number of sulfonamides is 1. The van der Waals surface area contributed by atoms with Crippen LogP contribution < -0.4 is 16.2 Å². The summed E-state index contributed by atoms with van der Waals surface area (Å²) < 4.78 is 24.1. The van der Waals surface area contributed by atoms with Gasteiger partial charge in [-0.3, -0.25) is 0 Å². The van der Waals surface area contributed by atoms with Crippen molar-refractivity contribution in [3.8, 4) is 0 Å². The van der Waals surface area contributed by atoms with Gasteiger partial charge in [0.15, 0.2) is 0 Å². The Morgan fingerprint density at radius 2 is 1.85 bits per heavy atom. The summed E-state index contributed by atoms with van der Waals surface area (Å²) in [4.78, 5) is -0.0362. The van der Waals surface area contributed by atoms with Crippen LogP contribution in [0, 0.1) is 6.92 Å². The van der Waals surface area contributed by atoms with Crippen molar-refractivity contribution in [2.75, 3.05) is 11.1 Å². The number of hydrogen-bond acceptors (Lipinski definition) is 4. The summed E-state index contributed by atoms with van der Waals surface area (Å²) in [6.07, 6.45) is 0. The lowest BCUT2D eigenvalue weighted by Crippen LogP contribution is -2.14. The Hall–Kier alpha value is -1.57. The number of primary sulfonamides is 1. The summed E-state index contributed by atoms with van der Waals surface area (Å²) in [6.45, 7) is 1.94. The third-order valence-corrected chi connectivity index (χ3v) is 4.78. The molecule has 0 fully saturated rings. The largest absolute Gasteiger partial charge is 0.399 e. The summed E-state index contributed by atoms with van der Waals surface area (Å²) in [5.74, 6) is 0. The molecule has 0 saturated carbocycles. The molecule has 5 N–H and O–H groups in total. The summed E-state index contributed by atoms with van der Waals surface area (Å²) in [7, 11) is -3.86. The van der Waals surface area contributed by atoms with Crippen molar-refractivity contribution in [3.05, 3.63) is 46.4 Å². The normalized spacial score (nSPS) is 11.3. The van der Waals surface area contributed by atoms with Crippen LogP contribution in [0.4, 0.5) is 17.1 Å². The van der Waals surface area contributed by atoms with Crippen LogP contribution in [-0.2, 0) is 10.0 Å². The van der Waals surface area contributed by atoms with Crippen molar-refractivity contribution in [3.63, 3.8) is 0 Å². The standard InChI is InChI=1S/C13H14BrN3O2S/c1-8-3-2-4-11(13(8)14)17-10-6-5-9(15)7-12(10)20(16,18)19/h2-7,17H,15H2,1H3,(H2,16,18,19). The van der Waals surface area contributed by atoms with E-state index in [0.717, 1.165) is 15.7 Å². The van der Waals surface area contributed by atoms with Crippen LogP contribution in [0.15, 0.2) is 45.8 Å². The molecule has 0 aliphatic rings. The number of nitrogens with two attached hydrogens (primary N) is 2. The Bertz CT molecular complexity index is 760. The van der Waals surface area contributed by atoms with Crippen LogP contribution >= 0.6 is 15.9 Å². The van der Waals surface area contributed by atoms with Gasteiger partial charge in [-0.1, -0.05) is 12.1 Å². The number of rotatable bonds is 3. The van der Waals surface area contributed by atoms with Crippen LogP contribution in [0.1, 0.15) is 5.56 Å². The van der Waals surface area contributed by atoms with Gasteiger partial charge in [0.05, 0.1) is 11.4 Å². The highest BCUT2D eigenvalue weighted by Crippen LogP contribution is 2.31. The molecule has 0 spiro atoms. The van der Waals surface area contributed by atoms with Gasteiger partial charge >= 0.3 is 0 Å². The van der Waals surface area contributed by atoms with Gasteiger partial charge in [0.1, 0.15) is 4.90 Å². The van der Waals surface area contributed by atoms with Gasteiger partial charge in [-0.25, -0.2) is 13.6 Å². The van der Waals surface area contributed by atoms with E-state index in [4.69, 9.17) is 10.9 Å². The molecule has 0 bridgehead atoms. The molecule has 0 aliphatic heterocycles. The fraction of sp³-hybridized carbons (Fsp3) is 0.0769. The van der Waals surface area contributed by atoms with Crippen molar-refractivity contribution < 1.29 is 8.42 Å². The van der Waals surface area contributed by atoms with E-state index in [1.165, 1.54) is 6.07 Å². The van der Waals surface area contributed by atoms with Gasteiger partial charge in [-0.05, 0) is 52.7 Å². The number of nitrogens with one attached hydrogen (secondary N) is 1. The van der Waals surface area contributed by atoms with Gasteiger partial charge in [0.25, 0.3) is 0 Å². The van der Waals surface area contributed by atoms with Gasteiger partial charge in [0, 0.05) is 10.2 Å². The summed E-state index contributed by atoms with van der Waals surface area (Å²) in [5, 5.41) is 8.27. The zero-order valence-electron chi connectivity index (χ0n) is 10.7. The maximum absolute atomic E-state index is 11.6. The first-order chi connectivity index (χ1) is 9.29. The second kappa shape index (κ2) is 5.43. The SMILES string of the molecule is Cc1cccc(Nc2ccc(N)cc2S(N)(=O)=O)c1Br. The first-order valence-corrected chi connectivity index (χ1v) is 8.07. The Morgan fingerprint density at radius 3 is 2.50 bits per heavy atom. The molecule has 7 heteroatoms. The second-order valence-corrected chi connectivity index (χ2v) is 6.68. The third kappa shape index (κ3) is 3.12. The number of benzene rings is 2. The number of nitrogen functional groups attached to an aromatic ring is 1. The molecular formula is C13H14BrN3O2S. The average Bonchev–Trinajstić information content (AvgIpc) is 2.36. The van der Waals surface area contributed by atoms with E-state index in [1.54, 1.807) is 12.1 Å². The lowest BCUT2D eigenvalue weighted by molar-refractivity contribution is 0.598. The smallest absolute Gasteiger partial charge is 0.240 e. The summed E-state index contributed by atoms with van der Waals surface area (Å²) >= 11 is 3.46. The molecule has 0 amide bonds. The van der Waals surface area contributed by atoms with Crippen LogP contribution in [0.2, 0.25) is 0 Å². The van der Waals surface area contributed by atoms with Gasteiger partial charge in [-0.15, -0.1) is 0 Å². The Kier molecular flexibility index (Phi) is 4.03. The zero-order valence-corrected chi connectivity index (χ0v) is 13.1. The maximum atomic E-state index is 11.6. The average molecular weight is 356 g/mol. The molecule has 2 rings (SSSR count). The first kappa shape index (κ1) is 14.8. The van der Waals surface area contributed by atoms with E-state index in [2.05, 4.69) is 21.2 Å². The van der Waals surface area contributed by atoms with E-state index < -0.39 is 10.0 Å². The molecular weight excluding hydrogens is 342 g/mol. The quantitative estimate of drug-likeness (QED) is 0.737. The van der Waals surface area contributed by atoms with Crippen LogP contribution in [0.25, 0.3) is 0 Å². The second-order valence-electron chi connectivity index (χ2n) is 4.36. The van der Waals surface area contributed by atoms with Crippen LogP contribution in [0.5, 0.6) is 0 Å². The number of hydrogen-bond donors (Lipinski definition) is 3. The van der Waals surface area contributed by atoms with Crippen molar-refractivity contribution in [2.24, 2.45) is 5.14 Å². The molecule has 5 nitrogen and oxygen atoms in total. The lowest BCUT2D eigenvalue weighted by atomic mass is 10.2. The van der Waals surface area contributed by atoms with E-state index >= 15 is 0 Å². The molecule has 0 heterocycles. The number of aryl methyl sites for hydroxylation is 1. The Balaban J connectivity index is 2.52. The minimum Gasteiger partial charge on any atom is -0.399 e. The fourth-order valence-corrected chi connectivity index (χ4v) is 2.86. The summed E-state index contributed by atoms with van der Waals surface area (Å²) in [6, 6.07) is 10.2. The molecule has 2 aromatic carbocycles. The topological polar surface area (TPSA) is 98.2 Å². The zero-order chi connectivity index (χ0) is 14.9. The molecule has 0 aromatic heterocycles. The molecule has 20 heavy (non-hydrogen) atoms. The molecule has 2 aromatic rings. The molecule has 0 aliphatic carbocycles. The summed E-state index contributed by atoms with van der Waals surface area (Å²) in [5.41, 5.74) is 8.11. The van der Waals surface area contributed by atoms with Crippen molar-refractivity contribution >= 4 is 43.0 Å². The Labute approximate surface area is 126 Å². The maximum Gasteiger partial charge on any atom is 0.240 e.